The third-order valence-corrected chi connectivity index (χ3v) is 2.94. The van der Waals surface area contributed by atoms with Crippen molar-refractivity contribution in [3.05, 3.63) is 49.9 Å². The molecule has 0 aliphatic carbocycles. The molecule has 0 aliphatic rings. The number of hydrogen-bond donors (Lipinski definition) is 0. The summed E-state index contributed by atoms with van der Waals surface area (Å²) in [4.78, 5) is 18.0. The number of ether oxygens (including phenoxy) is 1. The van der Waals surface area contributed by atoms with E-state index >= 15 is 0 Å². The van der Waals surface area contributed by atoms with Crippen LogP contribution >= 0.6 is 23.2 Å². The lowest BCUT2D eigenvalue weighted by molar-refractivity contribution is -0.386. The minimum atomic E-state index is -0.610. The maximum absolute atomic E-state index is 11.1. The molecular weight excluding hydrogens is 305 g/mol. The summed E-state index contributed by atoms with van der Waals surface area (Å²) >= 11 is 11.6. The lowest BCUT2D eigenvalue weighted by Crippen LogP contribution is -2.02. The zero-order valence-electron chi connectivity index (χ0n) is 10.6. The van der Waals surface area contributed by atoms with Crippen LogP contribution in [0.2, 0.25) is 10.3 Å². The van der Waals surface area contributed by atoms with Crippen LogP contribution in [-0.4, -0.2) is 14.9 Å². The minimum absolute atomic E-state index is 0.122. The van der Waals surface area contributed by atoms with E-state index in [2.05, 4.69) is 9.97 Å². The summed E-state index contributed by atoms with van der Waals surface area (Å²) in [6, 6.07) is 4.97. The molecule has 0 N–H and O–H groups in total. The van der Waals surface area contributed by atoms with E-state index in [1.165, 1.54) is 6.92 Å². The van der Waals surface area contributed by atoms with Crippen LogP contribution in [0.5, 0.6) is 11.6 Å². The van der Waals surface area contributed by atoms with Gasteiger partial charge in [0.15, 0.2) is 0 Å². The molecule has 0 bridgehead atoms. The number of nitrogens with zero attached hydrogens (tertiary/aromatic N) is 3. The lowest BCUT2D eigenvalue weighted by Gasteiger charge is -2.09. The molecule has 0 saturated carbocycles. The fourth-order valence-electron chi connectivity index (χ4n) is 1.58. The van der Waals surface area contributed by atoms with E-state index in [9.17, 15) is 10.1 Å². The first-order valence-corrected chi connectivity index (χ1v) is 6.26. The topological polar surface area (TPSA) is 78.2 Å². The predicted octanol–water partition coefficient (Wildman–Crippen LogP) is 4.10. The van der Waals surface area contributed by atoms with Gasteiger partial charge in [0.1, 0.15) is 11.4 Å². The zero-order valence-corrected chi connectivity index (χ0v) is 12.1. The molecule has 1 aromatic carbocycles. The van der Waals surface area contributed by atoms with Gasteiger partial charge in [0.25, 0.3) is 0 Å². The van der Waals surface area contributed by atoms with Crippen LogP contribution in [0.25, 0.3) is 0 Å². The van der Waals surface area contributed by atoms with Gasteiger partial charge in [0.05, 0.1) is 4.92 Å². The smallest absolute Gasteiger partial charge is 0.352 e. The van der Waals surface area contributed by atoms with E-state index in [0.717, 1.165) is 5.56 Å². The standard InChI is InChI=1S/C12H9Cl2N3O3/c1-6-3-4-8(13)5-9(6)20-11-10(17(18)19)7(2)15-12(14)16-11/h3-5H,1-2H3. The highest BCUT2D eigenvalue weighted by Crippen LogP contribution is 2.34. The first-order valence-electron chi connectivity index (χ1n) is 5.51. The fraction of sp³-hybridized carbons (Fsp3) is 0.167. The molecule has 0 saturated heterocycles. The zero-order chi connectivity index (χ0) is 14.9. The van der Waals surface area contributed by atoms with Crippen LogP contribution in [0.4, 0.5) is 5.69 Å². The molecule has 0 unspecified atom stereocenters. The first-order chi connectivity index (χ1) is 9.38. The Morgan fingerprint density at radius 3 is 2.60 bits per heavy atom. The molecule has 20 heavy (non-hydrogen) atoms. The van der Waals surface area contributed by atoms with Gasteiger partial charge in [-0.15, -0.1) is 0 Å². The van der Waals surface area contributed by atoms with Gasteiger partial charge in [-0.25, -0.2) is 4.98 Å². The Labute approximate surface area is 124 Å². The van der Waals surface area contributed by atoms with Gasteiger partial charge in [-0.2, -0.15) is 4.98 Å². The van der Waals surface area contributed by atoms with Crippen molar-refractivity contribution in [2.75, 3.05) is 0 Å². The molecule has 2 aromatic rings. The first kappa shape index (κ1) is 14.5. The van der Waals surface area contributed by atoms with Crippen molar-refractivity contribution in [2.45, 2.75) is 13.8 Å². The SMILES string of the molecule is Cc1ccc(Cl)cc1Oc1nc(Cl)nc(C)c1[N+](=O)[O-]. The number of halogens is 2. The number of aromatic nitrogens is 2. The number of nitro groups is 1. The molecule has 1 heterocycles. The Balaban J connectivity index is 2.53. The summed E-state index contributed by atoms with van der Waals surface area (Å²) in [5, 5.41) is 11.4. The summed E-state index contributed by atoms with van der Waals surface area (Å²) in [5.74, 6) is 0.160. The third kappa shape index (κ3) is 2.97. The third-order valence-electron chi connectivity index (χ3n) is 2.54. The molecular formula is C12H9Cl2N3O3. The van der Waals surface area contributed by atoms with Gasteiger partial charge in [-0.3, -0.25) is 10.1 Å². The lowest BCUT2D eigenvalue weighted by atomic mass is 10.2. The van der Waals surface area contributed by atoms with E-state index < -0.39 is 4.92 Å². The van der Waals surface area contributed by atoms with Crippen LogP contribution in [0.1, 0.15) is 11.3 Å². The highest BCUT2D eigenvalue weighted by atomic mass is 35.5. The average molecular weight is 314 g/mol. The van der Waals surface area contributed by atoms with Gasteiger partial charge in [-0.1, -0.05) is 17.7 Å². The van der Waals surface area contributed by atoms with Crippen LogP contribution in [-0.2, 0) is 0 Å². The molecule has 2 rings (SSSR count). The van der Waals surface area contributed by atoms with Crippen molar-refractivity contribution in [2.24, 2.45) is 0 Å². The van der Waals surface area contributed by atoms with Crippen LogP contribution in [0.3, 0.4) is 0 Å². The largest absolute Gasteiger partial charge is 0.433 e. The summed E-state index contributed by atoms with van der Waals surface area (Å²) in [6.07, 6.45) is 0. The Hall–Kier alpha value is -1.92. The highest BCUT2D eigenvalue weighted by Gasteiger charge is 2.24. The van der Waals surface area contributed by atoms with Crippen molar-refractivity contribution in [3.63, 3.8) is 0 Å². The summed E-state index contributed by atoms with van der Waals surface area (Å²) < 4.78 is 5.48. The van der Waals surface area contributed by atoms with Crippen molar-refractivity contribution in [1.29, 1.82) is 0 Å². The maximum atomic E-state index is 11.1. The number of rotatable bonds is 3. The molecule has 0 fully saturated rings. The van der Waals surface area contributed by atoms with E-state index in [4.69, 9.17) is 27.9 Å². The molecule has 104 valence electrons. The van der Waals surface area contributed by atoms with E-state index in [-0.39, 0.29) is 22.5 Å². The predicted molar refractivity (Wildman–Crippen MR) is 74.7 cm³/mol. The Kier molecular flexibility index (Phi) is 4.06. The number of hydrogen-bond acceptors (Lipinski definition) is 5. The second-order valence-corrected chi connectivity index (χ2v) is 4.78. The minimum Gasteiger partial charge on any atom is -0.433 e. The molecule has 6 nitrogen and oxygen atoms in total. The fourth-order valence-corrected chi connectivity index (χ4v) is 1.94. The highest BCUT2D eigenvalue weighted by molar-refractivity contribution is 6.30. The van der Waals surface area contributed by atoms with E-state index in [1.54, 1.807) is 25.1 Å². The average Bonchev–Trinajstić information content (AvgIpc) is 2.32. The summed E-state index contributed by atoms with van der Waals surface area (Å²) in [6.45, 7) is 3.25. The van der Waals surface area contributed by atoms with Crippen molar-refractivity contribution >= 4 is 28.9 Å². The van der Waals surface area contributed by atoms with E-state index in [0.29, 0.717) is 10.8 Å². The van der Waals surface area contributed by atoms with Gasteiger partial charge >= 0.3 is 11.6 Å². The molecule has 0 amide bonds. The van der Waals surface area contributed by atoms with E-state index in [1.807, 2.05) is 0 Å². The Morgan fingerprint density at radius 2 is 1.95 bits per heavy atom. The molecule has 0 radical (unpaired) electrons. The second-order valence-electron chi connectivity index (χ2n) is 4.00. The number of aryl methyl sites for hydroxylation is 2. The van der Waals surface area contributed by atoms with Crippen molar-refractivity contribution in [1.82, 2.24) is 9.97 Å². The maximum Gasteiger partial charge on any atom is 0.352 e. The normalized spacial score (nSPS) is 10.4. The van der Waals surface area contributed by atoms with Crippen LogP contribution in [0, 0.1) is 24.0 Å². The Bertz CT molecular complexity index is 692. The monoisotopic (exact) mass is 313 g/mol. The molecule has 0 atom stereocenters. The van der Waals surface area contributed by atoms with Gasteiger partial charge in [0.2, 0.25) is 5.28 Å². The molecule has 8 heteroatoms. The van der Waals surface area contributed by atoms with Gasteiger partial charge in [0, 0.05) is 5.02 Å². The quantitative estimate of drug-likeness (QED) is 0.484. The summed E-state index contributed by atoms with van der Waals surface area (Å²) in [5.41, 5.74) is 0.564. The van der Waals surface area contributed by atoms with Crippen LogP contribution < -0.4 is 4.74 Å². The van der Waals surface area contributed by atoms with Crippen molar-refractivity contribution in [3.8, 4) is 11.6 Å². The molecule has 0 spiro atoms. The number of benzene rings is 1. The Morgan fingerprint density at radius 1 is 1.25 bits per heavy atom. The van der Waals surface area contributed by atoms with Crippen LogP contribution in [0.15, 0.2) is 18.2 Å². The summed E-state index contributed by atoms with van der Waals surface area (Å²) in [7, 11) is 0. The molecule has 1 aromatic heterocycles. The second kappa shape index (κ2) is 5.60. The molecule has 0 aliphatic heterocycles. The van der Waals surface area contributed by atoms with Gasteiger partial charge in [-0.05, 0) is 43.1 Å². The van der Waals surface area contributed by atoms with Crippen molar-refractivity contribution < 1.29 is 9.66 Å². The van der Waals surface area contributed by atoms with Gasteiger partial charge < -0.3 is 4.74 Å².